The molecule has 186 valence electrons. The molecular weight excluding hydrogens is 448 g/mol. The van der Waals surface area contributed by atoms with Gasteiger partial charge in [0.1, 0.15) is 5.75 Å². The van der Waals surface area contributed by atoms with Gasteiger partial charge in [0.25, 0.3) is 0 Å². The number of likely N-dealkylation sites (N-methyl/N-ethyl adjacent to an activating group) is 3. The quantitative estimate of drug-likeness (QED) is 0.389. The average molecular weight is 487 g/mol. The highest BCUT2D eigenvalue weighted by atomic mass is 32.2. The molecule has 0 atom stereocenters. The van der Waals surface area contributed by atoms with Crippen molar-refractivity contribution in [3.63, 3.8) is 0 Å². The van der Waals surface area contributed by atoms with Gasteiger partial charge in [-0.05, 0) is 87.7 Å². The first kappa shape index (κ1) is 27.7. The maximum Gasteiger partial charge on any atom is 0.311 e. The fourth-order valence-corrected chi connectivity index (χ4v) is 4.36. The molecule has 0 heterocycles. The first-order chi connectivity index (χ1) is 16.1. The van der Waals surface area contributed by atoms with E-state index in [2.05, 4.69) is 50.3 Å². The number of aryl methyl sites for hydroxylation is 2. The Hall–Kier alpha value is -2.55. The molecule has 0 fully saturated rings. The van der Waals surface area contributed by atoms with Gasteiger partial charge in [0.05, 0.1) is 7.11 Å². The number of carbonyl (C=O) groups excluding carboxylic acids is 2. The molecule has 0 bridgehead atoms. The van der Waals surface area contributed by atoms with Crippen LogP contribution < -0.4 is 10.1 Å². The summed E-state index contributed by atoms with van der Waals surface area (Å²) >= 11 is 1.62. The van der Waals surface area contributed by atoms with Crippen molar-refractivity contribution in [1.29, 1.82) is 0 Å². The van der Waals surface area contributed by atoms with Crippen molar-refractivity contribution in [2.24, 2.45) is 0 Å². The maximum absolute atomic E-state index is 12.5. The number of nitrogens with zero attached hydrogens (tertiary/aromatic N) is 3. The molecule has 1 N–H and O–H groups in total. The lowest BCUT2D eigenvalue weighted by molar-refractivity contribution is -0.145. The Balaban J connectivity index is 1.78. The molecule has 2 amide bonds. The lowest BCUT2D eigenvalue weighted by Crippen LogP contribution is -2.42. The zero-order valence-corrected chi connectivity index (χ0v) is 22.3. The molecule has 0 aliphatic heterocycles. The lowest BCUT2D eigenvalue weighted by Gasteiger charge is -2.20. The smallest absolute Gasteiger partial charge is 0.311 e. The van der Waals surface area contributed by atoms with Crippen LogP contribution in [0.1, 0.15) is 22.3 Å². The van der Waals surface area contributed by atoms with E-state index in [4.69, 9.17) is 4.74 Å². The predicted octanol–water partition coefficient (Wildman–Crippen LogP) is 3.13. The van der Waals surface area contributed by atoms with E-state index < -0.39 is 11.8 Å². The van der Waals surface area contributed by atoms with Gasteiger partial charge in [-0.1, -0.05) is 24.3 Å². The molecule has 0 spiro atoms. The average Bonchev–Trinajstić information content (AvgIpc) is 2.80. The summed E-state index contributed by atoms with van der Waals surface area (Å²) in [5.41, 5.74) is 4.53. The maximum atomic E-state index is 12.5. The normalized spacial score (nSPS) is 11.1. The third-order valence-corrected chi connectivity index (χ3v) is 6.78. The number of nitrogens with one attached hydrogen (secondary N) is 1. The fourth-order valence-electron chi connectivity index (χ4n) is 3.46. The summed E-state index contributed by atoms with van der Waals surface area (Å²) in [4.78, 5) is 29.6. The molecule has 0 saturated heterocycles. The standard InChI is InChI=1S/C26H38N4O3S/c1-19-16-23(33-7)17-20(2)24(19)34-30(6)15-13-27-25(31)26(32)29(5)18-22-10-8-21(9-11-22)12-14-28(3)4/h8-11,16-17H,12-15,18H2,1-7H3,(H,27,31). The van der Waals surface area contributed by atoms with Gasteiger partial charge >= 0.3 is 11.8 Å². The van der Waals surface area contributed by atoms with Crippen molar-refractivity contribution in [1.82, 2.24) is 19.4 Å². The minimum absolute atomic E-state index is 0.386. The van der Waals surface area contributed by atoms with E-state index in [1.165, 1.54) is 10.5 Å². The molecule has 0 aliphatic rings. The number of hydrogen-bond acceptors (Lipinski definition) is 6. The summed E-state index contributed by atoms with van der Waals surface area (Å²) in [6, 6.07) is 12.2. The molecular formula is C26H38N4O3S. The summed E-state index contributed by atoms with van der Waals surface area (Å²) in [7, 11) is 9.40. The molecule has 2 aromatic carbocycles. The van der Waals surface area contributed by atoms with Crippen molar-refractivity contribution < 1.29 is 14.3 Å². The van der Waals surface area contributed by atoms with Gasteiger partial charge < -0.3 is 19.9 Å². The van der Waals surface area contributed by atoms with E-state index in [0.29, 0.717) is 19.6 Å². The van der Waals surface area contributed by atoms with Crippen LogP contribution in [0, 0.1) is 13.8 Å². The molecule has 0 aromatic heterocycles. The van der Waals surface area contributed by atoms with Crippen LogP contribution >= 0.6 is 11.9 Å². The highest BCUT2D eigenvalue weighted by Crippen LogP contribution is 2.31. The Labute approximate surface area is 208 Å². The van der Waals surface area contributed by atoms with Crippen LogP contribution in [0.5, 0.6) is 5.75 Å². The summed E-state index contributed by atoms with van der Waals surface area (Å²) in [6.07, 6.45) is 0.981. The Morgan fingerprint density at radius 1 is 0.941 bits per heavy atom. The number of rotatable bonds is 11. The van der Waals surface area contributed by atoms with Gasteiger partial charge in [-0.25, -0.2) is 4.31 Å². The van der Waals surface area contributed by atoms with Crippen LogP contribution in [0.15, 0.2) is 41.3 Å². The molecule has 0 unspecified atom stereocenters. The van der Waals surface area contributed by atoms with Crippen LogP contribution in [-0.2, 0) is 22.6 Å². The van der Waals surface area contributed by atoms with Crippen molar-refractivity contribution >= 4 is 23.8 Å². The Morgan fingerprint density at radius 2 is 1.53 bits per heavy atom. The highest BCUT2D eigenvalue weighted by molar-refractivity contribution is 7.97. The SMILES string of the molecule is COc1cc(C)c(SN(C)CCNC(=O)C(=O)N(C)Cc2ccc(CCN(C)C)cc2)c(C)c1. The number of hydrogen-bond donors (Lipinski definition) is 1. The van der Waals surface area contributed by atoms with E-state index >= 15 is 0 Å². The second kappa shape index (κ2) is 13.4. The van der Waals surface area contributed by atoms with Gasteiger partial charge in [-0.3, -0.25) is 9.59 Å². The van der Waals surface area contributed by atoms with Crippen LogP contribution in [0.3, 0.4) is 0 Å². The van der Waals surface area contributed by atoms with E-state index in [0.717, 1.165) is 40.3 Å². The van der Waals surface area contributed by atoms with Gasteiger partial charge in [-0.15, -0.1) is 0 Å². The van der Waals surface area contributed by atoms with Crippen LogP contribution in [0.2, 0.25) is 0 Å². The van der Waals surface area contributed by atoms with Crippen molar-refractivity contribution in [2.45, 2.75) is 31.7 Å². The van der Waals surface area contributed by atoms with Gasteiger partial charge in [0.15, 0.2) is 0 Å². The van der Waals surface area contributed by atoms with E-state index in [1.54, 1.807) is 26.1 Å². The van der Waals surface area contributed by atoms with E-state index in [9.17, 15) is 9.59 Å². The summed E-state index contributed by atoms with van der Waals surface area (Å²) in [5.74, 6) is -0.272. The predicted molar refractivity (Wildman–Crippen MR) is 139 cm³/mol. The fraction of sp³-hybridized carbons (Fsp3) is 0.462. The topological polar surface area (TPSA) is 65.1 Å². The van der Waals surface area contributed by atoms with Gasteiger partial charge in [-0.2, -0.15) is 0 Å². The molecule has 34 heavy (non-hydrogen) atoms. The third kappa shape index (κ3) is 8.66. The van der Waals surface area contributed by atoms with Crippen LogP contribution in [0.4, 0.5) is 0 Å². The molecule has 7 nitrogen and oxygen atoms in total. The molecule has 0 aliphatic carbocycles. The molecule has 2 rings (SSSR count). The number of carbonyl (C=O) groups is 2. The monoisotopic (exact) mass is 486 g/mol. The third-order valence-electron chi connectivity index (χ3n) is 5.46. The summed E-state index contributed by atoms with van der Waals surface area (Å²) in [5, 5.41) is 2.74. The highest BCUT2D eigenvalue weighted by Gasteiger charge is 2.19. The molecule has 0 radical (unpaired) electrons. The Kier molecular flexibility index (Phi) is 10.9. The number of methoxy groups -OCH3 is 1. The number of ether oxygens (including phenoxy) is 1. The zero-order valence-electron chi connectivity index (χ0n) is 21.5. The second-order valence-electron chi connectivity index (χ2n) is 8.82. The molecule has 2 aromatic rings. The van der Waals surface area contributed by atoms with Crippen molar-refractivity contribution in [2.75, 3.05) is 54.9 Å². The number of benzene rings is 2. The zero-order chi connectivity index (χ0) is 25.3. The lowest BCUT2D eigenvalue weighted by atomic mass is 10.1. The number of amides is 2. The summed E-state index contributed by atoms with van der Waals surface area (Å²) < 4.78 is 7.37. The van der Waals surface area contributed by atoms with Gasteiger partial charge in [0.2, 0.25) is 0 Å². The van der Waals surface area contributed by atoms with E-state index in [-0.39, 0.29) is 0 Å². The minimum Gasteiger partial charge on any atom is -0.497 e. The van der Waals surface area contributed by atoms with E-state index in [1.807, 2.05) is 35.6 Å². The molecule has 0 saturated carbocycles. The van der Waals surface area contributed by atoms with Crippen molar-refractivity contribution in [3.8, 4) is 5.75 Å². The first-order valence-electron chi connectivity index (χ1n) is 11.4. The minimum atomic E-state index is -0.583. The Morgan fingerprint density at radius 3 is 2.09 bits per heavy atom. The molecule has 8 heteroatoms. The first-order valence-corrected chi connectivity index (χ1v) is 12.2. The van der Waals surface area contributed by atoms with Crippen molar-refractivity contribution in [3.05, 3.63) is 58.7 Å². The summed E-state index contributed by atoms with van der Waals surface area (Å²) in [6.45, 7) is 6.49. The Bertz CT molecular complexity index is 940. The second-order valence-corrected chi connectivity index (χ2v) is 10.0. The van der Waals surface area contributed by atoms with Crippen LogP contribution in [-0.4, -0.2) is 80.9 Å². The largest absolute Gasteiger partial charge is 0.497 e. The van der Waals surface area contributed by atoms with Crippen LogP contribution in [0.25, 0.3) is 0 Å². The van der Waals surface area contributed by atoms with Gasteiger partial charge in [0, 0.05) is 38.1 Å².